The summed E-state index contributed by atoms with van der Waals surface area (Å²) in [5.41, 5.74) is 3.48. The van der Waals surface area contributed by atoms with E-state index in [0.717, 1.165) is 18.0 Å². The van der Waals surface area contributed by atoms with Crippen LogP contribution in [0.25, 0.3) is 0 Å². The number of thiocarbonyl (C=S) groups is 1. The quantitative estimate of drug-likeness (QED) is 0.730. The van der Waals surface area contributed by atoms with Crippen LogP contribution in [0.1, 0.15) is 35.8 Å². The third kappa shape index (κ3) is 4.16. The van der Waals surface area contributed by atoms with Crippen molar-refractivity contribution >= 4 is 23.0 Å². The molecule has 1 aliphatic heterocycles. The molecule has 0 amide bonds. The lowest BCUT2D eigenvalue weighted by Crippen LogP contribution is -3.11. The lowest BCUT2D eigenvalue weighted by atomic mass is 10.1. The fourth-order valence-corrected chi connectivity index (χ4v) is 3.54. The number of likely N-dealkylation sites (tertiary alicyclic amines) is 1. The molecule has 5 heteroatoms. The van der Waals surface area contributed by atoms with Gasteiger partial charge < -0.3 is 20.0 Å². The van der Waals surface area contributed by atoms with E-state index in [1.165, 1.54) is 37.1 Å². The Balaban J connectivity index is 1.61. The Labute approximate surface area is 149 Å². The zero-order valence-corrected chi connectivity index (χ0v) is 15.2. The van der Waals surface area contributed by atoms with E-state index in [4.69, 9.17) is 16.6 Å². The van der Waals surface area contributed by atoms with Crippen LogP contribution >= 0.6 is 12.2 Å². The van der Waals surface area contributed by atoms with E-state index in [1.54, 1.807) is 11.2 Å². The molecule has 0 unspecified atom stereocenters. The van der Waals surface area contributed by atoms with Crippen molar-refractivity contribution in [3.8, 4) is 0 Å². The SMILES string of the molecule is Cc1ccc(C)c(NC(=S)NC[C@H](c2ccco2)[NH+]2CCCC2)c1. The maximum atomic E-state index is 5.67. The smallest absolute Gasteiger partial charge is 0.171 e. The molecule has 128 valence electrons. The van der Waals surface area contributed by atoms with Gasteiger partial charge in [0.15, 0.2) is 16.9 Å². The van der Waals surface area contributed by atoms with Gasteiger partial charge in [0.1, 0.15) is 0 Å². The number of benzene rings is 1. The van der Waals surface area contributed by atoms with Crippen LogP contribution in [-0.4, -0.2) is 24.7 Å². The molecule has 24 heavy (non-hydrogen) atoms. The topological polar surface area (TPSA) is 41.6 Å². The van der Waals surface area contributed by atoms with Gasteiger partial charge in [-0.05, 0) is 55.4 Å². The van der Waals surface area contributed by atoms with Crippen molar-refractivity contribution in [1.82, 2.24) is 5.32 Å². The van der Waals surface area contributed by atoms with Crippen LogP contribution in [-0.2, 0) is 0 Å². The van der Waals surface area contributed by atoms with Crippen LogP contribution in [0.5, 0.6) is 0 Å². The van der Waals surface area contributed by atoms with Crippen LogP contribution in [0.3, 0.4) is 0 Å². The predicted octanol–water partition coefficient (Wildman–Crippen LogP) is 2.60. The Kier molecular flexibility index (Phi) is 5.53. The molecule has 0 spiro atoms. The number of rotatable bonds is 5. The molecule has 2 heterocycles. The summed E-state index contributed by atoms with van der Waals surface area (Å²) in [4.78, 5) is 1.58. The second kappa shape index (κ2) is 7.81. The van der Waals surface area contributed by atoms with Crippen molar-refractivity contribution in [2.75, 3.05) is 25.0 Å². The van der Waals surface area contributed by atoms with E-state index in [9.17, 15) is 0 Å². The summed E-state index contributed by atoms with van der Waals surface area (Å²) < 4.78 is 5.67. The molecule has 1 aromatic heterocycles. The lowest BCUT2D eigenvalue weighted by Gasteiger charge is -2.24. The summed E-state index contributed by atoms with van der Waals surface area (Å²) in [6.45, 7) is 7.35. The minimum Gasteiger partial charge on any atom is -0.463 e. The summed E-state index contributed by atoms with van der Waals surface area (Å²) in [5, 5.41) is 7.37. The summed E-state index contributed by atoms with van der Waals surface area (Å²) in [7, 11) is 0. The van der Waals surface area contributed by atoms with E-state index in [1.807, 2.05) is 6.07 Å². The average Bonchev–Trinajstić information content (AvgIpc) is 3.25. The molecule has 1 saturated heterocycles. The summed E-state index contributed by atoms with van der Waals surface area (Å²) in [5.74, 6) is 1.04. The lowest BCUT2D eigenvalue weighted by molar-refractivity contribution is -0.919. The Morgan fingerprint density at radius 2 is 2.04 bits per heavy atom. The van der Waals surface area contributed by atoms with Gasteiger partial charge in [-0.1, -0.05) is 12.1 Å². The van der Waals surface area contributed by atoms with E-state index in [-0.39, 0.29) is 0 Å². The normalized spacial score (nSPS) is 16.1. The molecule has 0 aliphatic carbocycles. The first-order chi connectivity index (χ1) is 11.6. The van der Waals surface area contributed by atoms with Crippen molar-refractivity contribution in [2.24, 2.45) is 0 Å². The van der Waals surface area contributed by atoms with Crippen LogP contribution < -0.4 is 15.5 Å². The Morgan fingerprint density at radius 1 is 1.25 bits per heavy atom. The number of anilines is 1. The summed E-state index contributed by atoms with van der Waals surface area (Å²) in [6.07, 6.45) is 4.33. The summed E-state index contributed by atoms with van der Waals surface area (Å²) >= 11 is 5.50. The van der Waals surface area contributed by atoms with Crippen molar-refractivity contribution in [3.05, 3.63) is 53.5 Å². The molecule has 3 N–H and O–H groups in total. The van der Waals surface area contributed by atoms with Gasteiger partial charge in [-0.2, -0.15) is 0 Å². The highest BCUT2D eigenvalue weighted by molar-refractivity contribution is 7.80. The maximum absolute atomic E-state index is 5.67. The molecule has 1 atom stereocenters. The Bertz CT molecular complexity index is 678. The number of hydrogen-bond acceptors (Lipinski definition) is 2. The number of nitrogens with one attached hydrogen (secondary N) is 3. The van der Waals surface area contributed by atoms with Crippen LogP contribution in [0.4, 0.5) is 5.69 Å². The van der Waals surface area contributed by atoms with E-state index >= 15 is 0 Å². The highest BCUT2D eigenvalue weighted by Crippen LogP contribution is 2.16. The average molecular weight is 345 g/mol. The minimum atomic E-state index is 0.306. The van der Waals surface area contributed by atoms with Gasteiger partial charge in [0.05, 0.1) is 25.9 Å². The molecule has 1 aliphatic rings. The second-order valence-corrected chi connectivity index (χ2v) is 7.00. The fraction of sp³-hybridized carbons (Fsp3) is 0.421. The zero-order valence-electron chi connectivity index (χ0n) is 14.4. The maximum Gasteiger partial charge on any atom is 0.171 e. The third-order valence-electron chi connectivity index (χ3n) is 4.73. The standard InChI is InChI=1S/C19H25N3OS/c1-14-7-8-15(2)16(12-14)21-19(24)20-13-17(18-6-5-11-23-18)22-9-3-4-10-22/h5-8,11-12,17H,3-4,9-10,13H2,1-2H3,(H2,20,21,24)/p+1/t17-/m1/s1. The van der Waals surface area contributed by atoms with Crippen LogP contribution in [0.15, 0.2) is 41.0 Å². The Hall–Kier alpha value is -1.85. The molecule has 0 saturated carbocycles. The predicted molar refractivity (Wildman–Crippen MR) is 102 cm³/mol. The van der Waals surface area contributed by atoms with Crippen molar-refractivity contribution in [2.45, 2.75) is 32.7 Å². The first-order valence-corrected chi connectivity index (χ1v) is 9.04. The second-order valence-electron chi connectivity index (χ2n) is 6.59. The molecule has 0 bridgehead atoms. The number of aryl methyl sites for hydroxylation is 2. The van der Waals surface area contributed by atoms with Crippen LogP contribution in [0.2, 0.25) is 0 Å². The largest absolute Gasteiger partial charge is 0.463 e. The van der Waals surface area contributed by atoms with Gasteiger partial charge in [-0.25, -0.2) is 0 Å². The molecular weight excluding hydrogens is 318 g/mol. The monoisotopic (exact) mass is 344 g/mol. The molecule has 1 fully saturated rings. The molecule has 0 radical (unpaired) electrons. The fourth-order valence-electron chi connectivity index (χ4n) is 3.35. The van der Waals surface area contributed by atoms with Crippen LogP contribution in [0, 0.1) is 13.8 Å². The third-order valence-corrected chi connectivity index (χ3v) is 4.98. The number of quaternary nitrogens is 1. The Morgan fingerprint density at radius 3 is 2.75 bits per heavy atom. The first kappa shape index (κ1) is 17.0. The van der Waals surface area contributed by atoms with Gasteiger partial charge in [-0.3, -0.25) is 0 Å². The number of furan rings is 1. The van der Waals surface area contributed by atoms with Crippen molar-refractivity contribution < 1.29 is 9.32 Å². The summed E-state index contributed by atoms with van der Waals surface area (Å²) in [6, 6.07) is 10.7. The molecular formula is C19H26N3OS+. The van der Waals surface area contributed by atoms with E-state index in [2.05, 4.69) is 48.7 Å². The number of hydrogen-bond donors (Lipinski definition) is 3. The highest BCUT2D eigenvalue weighted by Gasteiger charge is 2.29. The zero-order chi connectivity index (χ0) is 16.9. The first-order valence-electron chi connectivity index (χ1n) is 8.63. The van der Waals surface area contributed by atoms with E-state index in [0.29, 0.717) is 11.2 Å². The van der Waals surface area contributed by atoms with Gasteiger partial charge in [-0.15, -0.1) is 0 Å². The van der Waals surface area contributed by atoms with Gasteiger partial charge in [0.25, 0.3) is 0 Å². The van der Waals surface area contributed by atoms with Gasteiger partial charge in [0, 0.05) is 18.5 Å². The molecule has 2 aromatic rings. The van der Waals surface area contributed by atoms with Crippen molar-refractivity contribution in [1.29, 1.82) is 0 Å². The molecule has 1 aromatic carbocycles. The highest BCUT2D eigenvalue weighted by atomic mass is 32.1. The van der Waals surface area contributed by atoms with Gasteiger partial charge in [0.2, 0.25) is 0 Å². The minimum absolute atomic E-state index is 0.306. The van der Waals surface area contributed by atoms with E-state index < -0.39 is 0 Å². The molecule has 3 rings (SSSR count). The van der Waals surface area contributed by atoms with Gasteiger partial charge >= 0.3 is 0 Å². The van der Waals surface area contributed by atoms with Crippen molar-refractivity contribution in [3.63, 3.8) is 0 Å². The molecule has 4 nitrogen and oxygen atoms in total.